The third kappa shape index (κ3) is 6.22. The monoisotopic (exact) mass is 669 g/mol. The second-order valence-corrected chi connectivity index (χ2v) is 7.50. The molecule has 0 fully saturated rings. The van der Waals surface area contributed by atoms with Crippen molar-refractivity contribution in [2.45, 2.75) is 26.7 Å². The number of carbonyl (C=O) groups is 1. The molecular formula is C25H23BrIrN3O2-. The molecule has 0 unspecified atom stereocenters. The Morgan fingerprint density at radius 3 is 2.22 bits per heavy atom. The molecule has 0 aliphatic heterocycles. The number of hydrogen-bond donors (Lipinski definition) is 1. The third-order valence-electron chi connectivity index (χ3n) is 4.72. The number of hydrogen-bond acceptors (Lipinski definition) is 3. The summed E-state index contributed by atoms with van der Waals surface area (Å²) in [5.74, 6) is -0.0707. The maximum absolute atomic E-state index is 10.1. The molecule has 0 atom stereocenters. The number of carboxylic acid groups (broad SMARTS) is 1. The summed E-state index contributed by atoms with van der Waals surface area (Å²) in [6.07, 6.45) is 5.49. The number of benzene rings is 2. The first-order valence-electron chi connectivity index (χ1n) is 10.0. The quantitative estimate of drug-likeness (QED) is 0.265. The fraction of sp³-hybridized carbons (Fsp3) is 0.160. The predicted molar refractivity (Wildman–Crippen MR) is 125 cm³/mol. The Morgan fingerprint density at radius 2 is 1.72 bits per heavy atom. The Labute approximate surface area is 210 Å². The van der Waals surface area contributed by atoms with Gasteiger partial charge in [-0.15, -0.1) is 35.9 Å². The van der Waals surface area contributed by atoms with Crippen molar-refractivity contribution in [3.63, 3.8) is 0 Å². The molecule has 1 radical (unpaired) electrons. The minimum absolute atomic E-state index is 0. The summed E-state index contributed by atoms with van der Waals surface area (Å²) in [7, 11) is 0. The first-order valence-corrected chi connectivity index (χ1v) is 10.8. The molecule has 0 saturated heterocycles. The predicted octanol–water partition coefficient (Wildman–Crippen LogP) is 6.00. The van der Waals surface area contributed by atoms with E-state index in [-0.39, 0.29) is 25.8 Å². The van der Waals surface area contributed by atoms with Crippen molar-refractivity contribution in [1.82, 2.24) is 14.5 Å². The number of aromatic carboxylic acids is 1. The first kappa shape index (κ1) is 25.7. The van der Waals surface area contributed by atoms with Gasteiger partial charge in [-0.25, -0.2) is 9.78 Å². The fourth-order valence-corrected chi connectivity index (χ4v) is 3.63. The van der Waals surface area contributed by atoms with Crippen LogP contribution in [0.3, 0.4) is 0 Å². The van der Waals surface area contributed by atoms with Crippen LogP contribution in [0.5, 0.6) is 0 Å². The van der Waals surface area contributed by atoms with E-state index in [1.165, 1.54) is 29.1 Å². The van der Waals surface area contributed by atoms with Crippen LogP contribution >= 0.6 is 15.9 Å². The number of aromatic nitrogens is 3. The largest absolute Gasteiger partial charge is 0.477 e. The molecule has 0 bridgehead atoms. The molecule has 0 amide bonds. The van der Waals surface area contributed by atoms with Crippen molar-refractivity contribution in [2.75, 3.05) is 0 Å². The van der Waals surface area contributed by atoms with Gasteiger partial charge in [0.1, 0.15) is 10.3 Å². The second-order valence-electron chi connectivity index (χ2n) is 6.69. The molecule has 1 N–H and O–H groups in total. The molecule has 32 heavy (non-hydrogen) atoms. The van der Waals surface area contributed by atoms with E-state index in [0.717, 1.165) is 28.8 Å². The normalized spacial score (nSPS) is 9.97. The zero-order valence-electron chi connectivity index (χ0n) is 17.8. The fourth-order valence-electron chi connectivity index (χ4n) is 3.26. The molecule has 0 saturated carbocycles. The van der Waals surface area contributed by atoms with Gasteiger partial charge >= 0.3 is 5.97 Å². The Bertz CT molecular complexity index is 1130. The SMILES string of the molecule is CCc1cccc(CC)c1-n1cc(Br)nc1-c1[c-]cccc1.O=C(O)c1ccccn1.[Ir]. The topological polar surface area (TPSA) is 68.0 Å². The van der Waals surface area contributed by atoms with Crippen LogP contribution in [0.25, 0.3) is 17.1 Å². The van der Waals surface area contributed by atoms with Crippen molar-refractivity contribution in [3.05, 3.63) is 101 Å². The first-order chi connectivity index (χ1) is 15.0. The van der Waals surface area contributed by atoms with Gasteiger partial charge in [0, 0.05) is 38.2 Å². The van der Waals surface area contributed by atoms with E-state index in [1.54, 1.807) is 12.1 Å². The van der Waals surface area contributed by atoms with Crippen LogP contribution in [0.2, 0.25) is 0 Å². The molecule has 0 aliphatic rings. The number of aryl methyl sites for hydroxylation is 2. The molecule has 167 valence electrons. The summed E-state index contributed by atoms with van der Waals surface area (Å²) in [6.45, 7) is 4.39. The molecule has 4 aromatic rings. The van der Waals surface area contributed by atoms with Gasteiger partial charge in [0.15, 0.2) is 0 Å². The molecule has 7 heteroatoms. The van der Waals surface area contributed by atoms with Crippen LogP contribution in [-0.2, 0) is 32.9 Å². The Kier molecular flexibility index (Phi) is 9.97. The second kappa shape index (κ2) is 12.4. The molecule has 2 aromatic carbocycles. The number of halogens is 1. The summed E-state index contributed by atoms with van der Waals surface area (Å²) in [6, 6.07) is 22.5. The van der Waals surface area contributed by atoms with Gasteiger partial charge in [-0.1, -0.05) is 38.1 Å². The van der Waals surface area contributed by atoms with E-state index in [0.29, 0.717) is 0 Å². The standard InChI is InChI=1S/C19H18BrN2.C6H5NO2.Ir/c1-3-14-11-8-12-15(4-2)18(14)22-13-17(20)21-19(22)16-9-6-5-7-10-16;8-6(9)5-3-1-2-4-7-5;/h5-9,11-13H,3-4H2,1-2H3;1-4H,(H,8,9);/q-1;;. The number of carboxylic acids is 1. The number of rotatable bonds is 5. The summed E-state index contributed by atoms with van der Waals surface area (Å²) in [5, 5.41) is 8.32. The molecule has 0 spiro atoms. The van der Waals surface area contributed by atoms with Crippen molar-refractivity contribution >= 4 is 21.9 Å². The van der Waals surface area contributed by atoms with Crippen molar-refractivity contribution in [1.29, 1.82) is 0 Å². The van der Waals surface area contributed by atoms with Crippen LogP contribution in [0, 0.1) is 6.07 Å². The van der Waals surface area contributed by atoms with Gasteiger partial charge in [-0.2, -0.15) is 0 Å². The van der Waals surface area contributed by atoms with Gasteiger partial charge in [0.25, 0.3) is 0 Å². The van der Waals surface area contributed by atoms with E-state index >= 15 is 0 Å². The van der Waals surface area contributed by atoms with Gasteiger partial charge < -0.3 is 9.67 Å². The third-order valence-corrected chi connectivity index (χ3v) is 5.10. The van der Waals surface area contributed by atoms with Crippen molar-refractivity contribution < 1.29 is 30.0 Å². The molecule has 0 aliphatic carbocycles. The molecule has 5 nitrogen and oxygen atoms in total. The van der Waals surface area contributed by atoms with Crippen LogP contribution in [0.15, 0.2) is 77.7 Å². The zero-order chi connectivity index (χ0) is 22.2. The molecule has 2 aromatic heterocycles. The number of imidazole rings is 1. The minimum atomic E-state index is -0.990. The van der Waals surface area contributed by atoms with Gasteiger partial charge in [-0.3, -0.25) is 4.98 Å². The Balaban J connectivity index is 0.000000307. The van der Waals surface area contributed by atoms with Crippen LogP contribution in [0.4, 0.5) is 0 Å². The van der Waals surface area contributed by atoms with Gasteiger partial charge in [0.05, 0.1) is 5.82 Å². The number of nitrogens with zero attached hydrogens (tertiary/aromatic N) is 3. The summed E-state index contributed by atoms with van der Waals surface area (Å²) >= 11 is 3.52. The molecule has 4 rings (SSSR count). The van der Waals surface area contributed by atoms with E-state index < -0.39 is 5.97 Å². The Hall–Kier alpha value is -2.60. The van der Waals surface area contributed by atoms with E-state index in [1.807, 2.05) is 30.5 Å². The van der Waals surface area contributed by atoms with Gasteiger partial charge in [0.2, 0.25) is 0 Å². The maximum Gasteiger partial charge on any atom is 0.354 e. The summed E-state index contributed by atoms with van der Waals surface area (Å²) in [5.41, 5.74) is 5.00. The van der Waals surface area contributed by atoms with Crippen molar-refractivity contribution in [3.8, 4) is 17.1 Å². The van der Waals surface area contributed by atoms with Gasteiger partial charge in [-0.05, 0) is 52.0 Å². The number of pyridine rings is 1. The number of para-hydroxylation sites is 1. The summed E-state index contributed by atoms with van der Waals surface area (Å²) < 4.78 is 3.03. The average Bonchev–Trinajstić information content (AvgIpc) is 3.21. The molecule has 2 heterocycles. The Morgan fingerprint density at radius 1 is 1.03 bits per heavy atom. The van der Waals surface area contributed by atoms with Crippen LogP contribution < -0.4 is 0 Å². The minimum Gasteiger partial charge on any atom is -0.477 e. The summed E-state index contributed by atoms with van der Waals surface area (Å²) in [4.78, 5) is 18.4. The van der Waals surface area contributed by atoms with E-state index in [2.05, 4.69) is 68.6 Å². The maximum atomic E-state index is 10.1. The van der Waals surface area contributed by atoms with E-state index in [4.69, 9.17) is 5.11 Å². The van der Waals surface area contributed by atoms with E-state index in [9.17, 15) is 4.79 Å². The average molecular weight is 670 g/mol. The van der Waals surface area contributed by atoms with Crippen LogP contribution in [0.1, 0.15) is 35.5 Å². The molecular weight excluding hydrogens is 646 g/mol. The van der Waals surface area contributed by atoms with Crippen LogP contribution in [-0.4, -0.2) is 25.6 Å². The van der Waals surface area contributed by atoms with Crippen molar-refractivity contribution in [2.24, 2.45) is 0 Å². The zero-order valence-corrected chi connectivity index (χ0v) is 21.7. The smallest absolute Gasteiger partial charge is 0.354 e.